The normalized spacial score (nSPS) is 19.2. The van der Waals surface area contributed by atoms with E-state index >= 15 is 0 Å². The minimum Gasteiger partial charge on any atom is -0.461 e. The Morgan fingerprint density at radius 2 is 2.10 bits per heavy atom. The van der Waals surface area contributed by atoms with Crippen molar-refractivity contribution in [2.75, 3.05) is 18.9 Å². The van der Waals surface area contributed by atoms with Crippen LogP contribution < -0.4 is 0 Å². The lowest BCUT2D eigenvalue weighted by Gasteiger charge is -2.38. The van der Waals surface area contributed by atoms with Gasteiger partial charge in [-0.25, -0.2) is 0 Å². The van der Waals surface area contributed by atoms with Crippen LogP contribution in [0.4, 0.5) is 0 Å². The molecule has 0 radical (unpaired) electrons. The summed E-state index contributed by atoms with van der Waals surface area (Å²) in [6.07, 6.45) is 1.38. The Morgan fingerprint density at radius 1 is 1.27 bits per heavy atom. The number of furan rings is 1. The maximum Gasteiger partial charge on any atom is 0.233 e. The van der Waals surface area contributed by atoms with Crippen molar-refractivity contribution < 1.29 is 13.9 Å². The average molecular weight is 447 g/mol. The van der Waals surface area contributed by atoms with Crippen LogP contribution in [0.2, 0.25) is 5.02 Å². The van der Waals surface area contributed by atoms with E-state index in [0.29, 0.717) is 41.5 Å². The predicted octanol–water partition coefficient (Wildman–Crippen LogP) is 4.29. The highest BCUT2D eigenvalue weighted by atomic mass is 35.5. The molecular formula is C21H23ClN4O3S. The van der Waals surface area contributed by atoms with Crippen molar-refractivity contribution in [3.8, 4) is 11.6 Å². The third-order valence-electron chi connectivity index (χ3n) is 5.11. The summed E-state index contributed by atoms with van der Waals surface area (Å²) in [7, 11) is 0. The van der Waals surface area contributed by atoms with Gasteiger partial charge in [-0.1, -0.05) is 41.6 Å². The number of nitrogens with zero attached hydrogens (tertiary/aromatic N) is 4. The van der Waals surface area contributed by atoms with Gasteiger partial charge in [0.15, 0.2) is 16.7 Å². The Bertz CT molecular complexity index is 1010. The van der Waals surface area contributed by atoms with E-state index in [-0.39, 0.29) is 23.8 Å². The molecule has 0 aliphatic carbocycles. The Kier molecular flexibility index (Phi) is 6.46. The predicted molar refractivity (Wildman–Crippen MR) is 115 cm³/mol. The van der Waals surface area contributed by atoms with Crippen molar-refractivity contribution in [3.63, 3.8) is 0 Å². The number of morpholine rings is 1. The Hall–Kier alpha value is -2.29. The molecule has 0 N–H and O–H groups in total. The fraction of sp³-hybridized carbons (Fsp3) is 0.381. The molecule has 1 aliphatic rings. The fourth-order valence-electron chi connectivity index (χ4n) is 3.51. The van der Waals surface area contributed by atoms with E-state index in [0.717, 1.165) is 5.56 Å². The first kappa shape index (κ1) is 21.0. The van der Waals surface area contributed by atoms with Crippen molar-refractivity contribution in [1.29, 1.82) is 0 Å². The van der Waals surface area contributed by atoms with Gasteiger partial charge in [0.1, 0.15) is 6.10 Å². The summed E-state index contributed by atoms with van der Waals surface area (Å²) >= 11 is 7.71. The highest BCUT2D eigenvalue weighted by Gasteiger charge is 2.31. The topological polar surface area (TPSA) is 73.4 Å². The molecule has 9 heteroatoms. The molecule has 3 heterocycles. The van der Waals surface area contributed by atoms with Crippen molar-refractivity contribution in [2.45, 2.75) is 37.7 Å². The molecule has 30 heavy (non-hydrogen) atoms. The van der Waals surface area contributed by atoms with Crippen molar-refractivity contribution >= 4 is 29.3 Å². The van der Waals surface area contributed by atoms with Crippen LogP contribution in [-0.2, 0) is 16.1 Å². The number of aromatic nitrogens is 3. The number of hydrogen-bond acceptors (Lipinski definition) is 6. The highest BCUT2D eigenvalue weighted by Crippen LogP contribution is 2.31. The van der Waals surface area contributed by atoms with Crippen LogP contribution >= 0.6 is 23.4 Å². The Labute approximate surface area is 184 Å². The van der Waals surface area contributed by atoms with E-state index in [1.165, 1.54) is 11.8 Å². The zero-order chi connectivity index (χ0) is 21.1. The molecule has 1 saturated heterocycles. The van der Waals surface area contributed by atoms with Crippen LogP contribution in [0.3, 0.4) is 0 Å². The summed E-state index contributed by atoms with van der Waals surface area (Å²) in [5, 5.41) is 9.84. The van der Waals surface area contributed by atoms with Crippen LogP contribution in [0.1, 0.15) is 25.5 Å². The van der Waals surface area contributed by atoms with Gasteiger partial charge in [-0.15, -0.1) is 10.2 Å². The number of benzene rings is 1. The molecule has 1 aromatic carbocycles. The van der Waals surface area contributed by atoms with Gasteiger partial charge in [0, 0.05) is 17.1 Å². The van der Waals surface area contributed by atoms with Gasteiger partial charge < -0.3 is 14.1 Å². The first-order chi connectivity index (χ1) is 14.6. The second-order valence-corrected chi connectivity index (χ2v) is 8.40. The zero-order valence-electron chi connectivity index (χ0n) is 16.8. The standard InChI is InChI=1S/C21H23ClN4O3S/c1-3-25-20(17-9-6-10-28-17)23-24-21(25)30-13-19(27)26-11-18(29-12-14(26)2)15-7-4-5-8-16(15)22/h4-10,14,18H,3,11-13H2,1-2H3. The van der Waals surface area contributed by atoms with Gasteiger partial charge in [-0.2, -0.15) is 0 Å². The molecule has 1 amide bonds. The van der Waals surface area contributed by atoms with Crippen molar-refractivity contribution in [3.05, 3.63) is 53.2 Å². The molecule has 2 aromatic heterocycles. The van der Waals surface area contributed by atoms with Gasteiger partial charge >= 0.3 is 0 Å². The van der Waals surface area contributed by atoms with E-state index in [1.807, 2.05) is 59.7 Å². The quantitative estimate of drug-likeness (QED) is 0.526. The zero-order valence-corrected chi connectivity index (χ0v) is 18.4. The first-order valence-electron chi connectivity index (χ1n) is 9.83. The van der Waals surface area contributed by atoms with Crippen molar-refractivity contribution in [1.82, 2.24) is 19.7 Å². The first-order valence-corrected chi connectivity index (χ1v) is 11.2. The van der Waals surface area contributed by atoms with Crippen LogP contribution in [0.25, 0.3) is 11.6 Å². The largest absolute Gasteiger partial charge is 0.461 e. The molecule has 3 aromatic rings. The number of carbonyl (C=O) groups is 1. The molecule has 4 rings (SSSR count). The van der Waals surface area contributed by atoms with Gasteiger partial charge in [0.05, 0.1) is 31.2 Å². The van der Waals surface area contributed by atoms with Crippen LogP contribution in [0.15, 0.2) is 52.2 Å². The van der Waals surface area contributed by atoms with Gasteiger partial charge in [0.2, 0.25) is 5.91 Å². The Balaban J connectivity index is 1.44. The summed E-state index contributed by atoms with van der Waals surface area (Å²) < 4.78 is 13.4. The SMILES string of the molecule is CCn1c(SCC(=O)N2CC(c3ccccc3Cl)OCC2C)nnc1-c1ccco1. The van der Waals surface area contributed by atoms with Gasteiger partial charge in [-0.05, 0) is 32.0 Å². The van der Waals surface area contributed by atoms with E-state index in [1.54, 1.807) is 6.26 Å². The Morgan fingerprint density at radius 3 is 2.83 bits per heavy atom. The number of thioether (sulfide) groups is 1. The van der Waals surface area contributed by atoms with E-state index in [2.05, 4.69) is 10.2 Å². The number of ether oxygens (including phenoxy) is 1. The fourth-order valence-corrected chi connectivity index (χ4v) is 4.65. The molecule has 7 nitrogen and oxygen atoms in total. The smallest absolute Gasteiger partial charge is 0.233 e. The number of hydrogen-bond donors (Lipinski definition) is 0. The average Bonchev–Trinajstić information content (AvgIpc) is 3.42. The summed E-state index contributed by atoms with van der Waals surface area (Å²) in [6.45, 7) is 5.64. The molecule has 1 aliphatic heterocycles. The molecule has 2 atom stereocenters. The number of rotatable bonds is 6. The summed E-state index contributed by atoms with van der Waals surface area (Å²) in [5.74, 6) is 1.64. The van der Waals surface area contributed by atoms with E-state index < -0.39 is 0 Å². The number of amides is 1. The second-order valence-electron chi connectivity index (χ2n) is 7.06. The van der Waals surface area contributed by atoms with E-state index in [9.17, 15) is 4.79 Å². The summed E-state index contributed by atoms with van der Waals surface area (Å²) in [4.78, 5) is 14.9. The molecular weight excluding hydrogens is 424 g/mol. The molecule has 0 saturated carbocycles. The number of halogens is 1. The third-order valence-corrected chi connectivity index (χ3v) is 6.40. The highest BCUT2D eigenvalue weighted by molar-refractivity contribution is 7.99. The maximum atomic E-state index is 13.0. The van der Waals surface area contributed by atoms with E-state index in [4.69, 9.17) is 20.8 Å². The van der Waals surface area contributed by atoms with Crippen LogP contribution in [0.5, 0.6) is 0 Å². The van der Waals surface area contributed by atoms with Crippen LogP contribution in [0, 0.1) is 0 Å². The molecule has 158 valence electrons. The number of carbonyl (C=O) groups excluding carboxylic acids is 1. The van der Waals surface area contributed by atoms with Crippen LogP contribution in [-0.4, -0.2) is 50.5 Å². The van der Waals surface area contributed by atoms with Gasteiger partial charge in [0.25, 0.3) is 0 Å². The second kappa shape index (κ2) is 9.24. The molecule has 2 unspecified atom stereocenters. The molecule has 1 fully saturated rings. The monoisotopic (exact) mass is 446 g/mol. The minimum atomic E-state index is -0.228. The minimum absolute atomic E-state index is 0.000405. The third kappa shape index (κ3) is 4.26. The van der Waals surface area contributed by atoms with Gasteiger partial charge in [-0.3, -0.25) is 9.36 Å². The molecule has 0 bridgehead atoms. The lowest BCUT2D eigenvalue weighted by molar-refractivity contribution is -0.141. The maximum absolute atomic E-state index is 13.0. The molecule has 0 spiro atoms. The summed E-state index contributed by atoms with van der Waals surface area (Å²) in [6, 6.07) is 11.3. The lowest BCUT2D eigenvalue weighted by atomic mass is 10.1. The van der Waals surface area contributed by atoms with Crippen molar-refractivity contribution in [2.24, 2.45) is 0 Å². The summed E-state index contributed by atoms with van der Waals surface area (Å²) in [5.41, 5.74) is 0.908. The lowest BCUT2D eigenvalue weighted by Crippen LogP contribution is -2.49.